The minimum Gasteiger partial charge on any atom is -0.494 e. The number of carbonyl (C=O) groups is 1. The fraction of sp³-hybridized carbons (Fsp3) is 0.143. The first-order valence-corrected chi connectivity index (χ1v) is 6.33. The molecule has 0 N–H and O–H groups in total. The molecule has 3 nitrogen and oxygen atoms in total. The van der Waals surface area contributed by atoms with E-state index in [9.17, 15) is 4.79 Å². The minimum atomic E-state index is -0.116. The number of Topliss-reactive ketones (excluding diaryl/α,β-unsaturated/α-hetero) is 1. The van der Waals surface area contributed by atoms with Crippen LogP contribution < -0.4 is 4.74 Å². The van der Waals surface area contributed by atoms with E-state index in [-0.39, 0.29) is 12.2 Å². The Balaban J connectivity index is 2.31. The van der Waals surface area contributed by atoms with Gasteiger partial charge in [0.1, 0.15) is 5.75 Å². The van der Waals surface area contributed by atoms with Gasteiger partial charge in [-0.15, -0.1) is 0 Å². The molecule has 0 saturated heterocycles. The van der Waals surface area contributed by atoms with Crippen LogP contribution in [-0.2, 0) is 6.42 Å². The monoisotopic (exact) mass is 295 g/mol. The second-order valence-electron chi connectivity index (χ2n) is 3.88. The Kier molecular flexibility index (Phi) is 4.40. The maximum Gasteiger partial charge on any atom is 0.171 e. The highest BCUT2D eigenvalue weighted by Crippen LogP contribution is 2.27. The van der Waals surface area contributed by atoms with Crippen molar-refractivity contribution in [1.29, 1.82) is 0 Å². The molecule has 0 unspecified atom stereocenters. The predicted octanol–water partition coefficient (Wildman–Crippen LogP) is 3.82. The van der Waals surface area contributed by atoms with E-state index in [1.807, 2.05) is 0 Å². The summed E-state index contributed by atoms with van der Waals surface area (Å²) in [5.74, 6) is 0.324. The normalized spacial score (nSPS) is 10.3. The summed E-state index contributed by atoms with van der Waals surface area (Å²) < 4.78 is 5.12. The Morgan fingerprint density at radius 1 is 1.26 bits per heavy atom. The Labute approximate surface area is 121 Å². The molecule has 0 aliphatic carbocycles. The van der Waals surface area contributed by atoms with Crippen LogP contribution in [0.2, 0.25) is 10.0 Å². The van der Waals surface area contributed by atoms with Crippen LogP contribution in [0.5, 0.6) is 5.75 Å². The molecule has 19 heavy (non-hydrogen) atoms. The van der Waals surface area contributed by atoms with Crippen LogP contribution in [0.3, 0.4) is 0 Å². The van der Waals surface area contributed by atoms with E-state index >= 15 is 0 Å². The van der Waals surface area contributed by atoms with Gasteiger partial charge in [-0.05, 0) is 23.8 Å². The second kappa shape index (κ2) is 6.04. The van der Waals surface area contributed by atoms with Gasteiger partial charge < -0.3 is 4.74 Å². The van der Waals surface area contributed by atoms with Gasteiger partial charge in [0.2, 0.25) is 0 Å². The third-order valence-electron chi connectivity index (χ3n) is 2.70. The predicted molar refractivity (Wildman–Crippen MR) is 75.3 cm³/mol. The highest BCUT2D eigenvalue weighted by molar-refractivity contribution is 6.36. The molecule has 1 heterocycles. The standard InChI is InChI=1S/C14H11Cl2NO2/c1-19-14-8-17-6-5-9(14)13(18)7-10-11(15)3-2-4-12(10)16/h2-6,8H,7H2,1H3. The molecule has 98 valence electrons. The van der Waals surface area contributed by atoms with E-state index in [0.29, 0.717) is 26.9 Å². The number of halogens is 2. The summed E-state index contributed by atoms with van der Waals surface area (Å²) in [6, 6.07) is 6.78. The average molecular weight is 296 g/mol. The molecule has 0 saturated carbocycles. The Morgan fingerprint density at radius 3 is 2.58 bits per heavy atom. The maximum atomic E-state index is 12.3. The van der Waals surface area contributed by atoms with Crippen molar-refractivity contribution in [2.45, 2.75) is 6.42 Å². The van der Waals surface area contributed by atoms with Gasteiger partial charge in [-0.2, -0.15) is 0 Å². The average Bonchev–Trinajstić information content (AvgIpc) is 2.42. The minimum absolute atomic E-state index is 0.116. The number of methoxy groups -OCH3 is 1. The zero-order valence-corrected chi connectivity index (χ0v) is 11.7. The summed E-state index contributed by atoms with van der Waals surface area (Å²) in [6.07, 6.45) is 3.17. The van der Waals surface area contributed by atoms with E-state index in [0.717, 1.165) is 0 Å². The lowest BCUT2D eigenvalue weighted by atomic mass is 10.0. The molecule has 1 aromatic carbocycles. The maximum absolute atomic E-state index is 12.3. The van der Waals surface area contributed by atoms with Gasteiger partial charge in [-0.1, -0.05) is 29.3 Å². The molecule has 0 atom stereocenters. The molecule has 2 rings (SSSR count). The van der Waals surface area contributed by atoms with E-state index in [1.54, 1.807) is 30.5 Å². The number of rotatable bonds is 4. The second-order valence-corrected chi connectivity index (χ2v) is 4.69. The highest BCUT2D eigenvalue weighted by atomic mass is 35.5. The van der Waals surface area contributed by atoms with Crippen molar-refractivity contribution < 1.29 is 9.53 Å². The molecule has 1 aromatic heterocycles. The molecule has 0 aliphatic heterocycles. The van der Waals surface area contributed by atoms with Gasteiger partial charge in [0.05, 0.1) is 18.9 Å². The third-order valence-corrected chi connectivity index (χ3v) is 3.41. The number of nitrogens with zero attached hydrogens (tertiary/aromatic N) is 1. The van der Waals surface area contributed by atoms with Gasteiger partial charge in [-0.25, -0.2) is 0 Å². The quantitative estimate of drug-likeness (QED) is 0.805. The molecular formula is C14H11Cl2NO2. The largest absolute Gasteiger partial charge is 0.494 e. The zero-order valence-electron chi connectivity index (χ0n) is 10.2. The highest BCUT2D eigenvalue weighted by Gasteiger charge is 2.16. The Morgan fingerprint density at radius 2 is 1.95 bits per heavy atom. The van der Waals surface area contributed by atoms with Crippen LogP contribution in [0.4, 0.5) is 0 Å². The number of ether oxygens (including phenoxy) is 1. The molecule has 0 amide bonds. The summed E-state index contributed by atoms with van der Waals surface area (Å²) in [5.41, 5.74) is 1.09. The SMILES string of the molecule is COc1cnccc1C(=O)Cc1c(Cl)cccc1Cl. The first kappa shape index (κ1) is 13.8. The number of hydrogen-bond donors (Lipinski definition) is 0. The summed E-state index contributed by atoms with van der Waals surface area (Å²) in [5, 5.41) is 0.961. The van der Waals surface area contributed by atoms with Gasteiger partial charge in [-0.3, -0.25) is 9.78 Å². The first-order valence-electron chi connectivity index (χ1n) is 5.57. The number of carbonyl (C=O) groups excluding carboxylic acids is 1. The van der Waals surface area contributed by atoms with Crippen molar-refractivity contribution in [3.05, 3.63) is 57.8 Å². The zero-order chi connectivity index (χ0) is 13.8. The summed E-state index contributed by atoms with van der Waals surface area (Å²) in [6.45, 7) is 0. The number of benzene rings is 1. The molecule has 0 bridgehead atoms. The van der Waals surface area contributed by atoms with Gasteiger partial charge in [0, 0.05) is 22.7 Å². The van der Waals surface area contributed by atoms with Crippen molar-refractivity contribution in [3.63, 3.8) is 0 Å². The topological polar surface area (TPSA) is 39.2 Å². The smallest absolute Gasteiger partial charge is 0.171 e. The number of hydrogen-bond acceptors (Lipinski definition) is 3. The lowest BCUT2D eigenvalue weighted by molar-refractivity contribution is 0.0990. The van der Waals surface area contributed by atoms with Crippen LogP contribution in [0.1, 0.15) is 15.9 Å². The van der Waals surface area contributed by atoms with E-state index in [1.165, 1.54) is 13.3 Å². The van der Waals surface area contributed by atoms with Gasteiger partial charge in [0.15, 0.2) is 5.78 Å². The molecule has 2 aromatic rings. The van der Waals surface area contributed by atoms with Gasteiger partial charge in [0.25, 0.3) is 0 Å². The van der Waals surface area contributed by atoms with Crippen LogP contribution in [0.15, 0.2) is 36.7 Å². The van der Waals surface area contributed by atoms with Crippen molar-refractivity contribution in [3.8, 4) is 5.75 Å². The summed E-state index contributed by atoms with van der Waals surface area (Å²) in [7, 11) is 1.50. The first-order chi connectivity index (χ1) is 9.13. The molecule has 0 aliphatic rings. The van der Waals surface area contributed by atoms with E-state index in [4.69, 9.17) is 27.9 Å². The van der Waals surface area contributed by atoms with Crippen molar-refractivity contribution >= 4 is 29.0 Å². The number of pyridine rings is 1. The number of ketones is 1. The Bertz CT molecular complexity index is 594. The van der Waals surface area contributed by atoms with Crippen LogP contribution in [0, 0.1) is 0 Å². The van der Waals surface area contributed by atoms with Crippen molar-refractivity contribution in [2.75, 3.05) is 7.11 Å². The Hall–Kier alpha value is -1.58. The lowest BCUT2D eigenvalue weighted by Crippen LogP contribution is -2.07. The van der Waals surface area contributed by atoms with Crippen LogP contribution in [0.25, 0.3) is 0 Å². The third kappa shape index (κ3) is 3.06. The van der Waals surface area contributed by atoms with Gasteiger partial charge >= 0.3 is 0 Å². The van der Waals surface area contributed by atoms with Crippen LogP contribution >= 0.6 is 23.2 Å². The van der Waals surface area contributed by atoms with Crippen molar-refractivity contribution in [2.24, 2.45) is 0 Å². The van der Waals surface area contributed by atoms with Crippen LogP contribution in [-0.4, -0.2) is 17.9 Å². The van der Waals surface area contributed by atoms with E-state index < -0.39 is 0 Å². The summed E-state index contributed by atoms with van der Waals surface area (Å²) >= 11 is 12.1. The number of aromatic nitrogens is 1. The summed E-state index contributed by atoms with van der Waals surface area (Å²) in [4.78, 5) is 16.2. The van der Waals surface area contributed by atoms with E-state index in [2.05, 4.69) is 4.98 Å². The molecule has 0 radical (unpaired) electrons. The van der Waals surface area contributed by atoms with Crippen molar-refractivity contribution in [1.82, 2.24) is 4.98 Å². The lowest BCUT2D eigenvalue weighted by Gasteiger charge is -2.08. The fourth-order valence-corrected chi connectivity index (χ4v) is 2.26. The fourth-order valence-electron chi connectivity index (χ4n) is 1.73. The molecule has 0 spiro atoms. The molecule has 5 heteroatoms. The molecular weight excluding hydrogens is 285 g/mol. The molecule has 0 fully saturated rings.